The Bertz CT molecular complexity index is 208. The van der Waals surface area contributed by atoms with Gasteiger partial charge >= 0.3 is 12.0 Å². The lowest BCUT2D eigenvalue weighted by Crippen LogP contribution is -2.40. The van der Waals surface area contributed by atoms with E-state index in [-0.39, 0.29) is 25.1 Å². The smallest absolute Gasteiger partial charge is 0.314 e. The lowest BCUT2D eigenvalue weighted by Gasteiger charge is -2.12. The summed E-state index contributed by atoms with van der Waals surface area (Å²) in [7, 11) is 0. The number of carbonyl (C=O) groups is 2. The van der Waals surface area contributed by atoms with Crippen molar-refractivity contribution in [3.63, 3.8) is 0 Å². The van der Waals surface area contributed by atoms with Gasteiger partial charge in [-0.3, -0.25) is 4.79 Å². The summed E-state index contributed by atoms with van der Waals surface area (Å²) in [6.45, 7) is 4.87. The van der Waals surface area contributed by atoms with Crippen molar-refractivity contribution in [1.29, 1.82) is 0 Å². The Hall–Kier alpha value is -1.30. The minimum Gasteiger partial charge on any atom is -0.481 e. The quantitative estimate of drug-likeness (QED) is 0.569. The summed E-state index contributed by atoms with van der Waals surface area (Å²) in [6, 6.07) is -0.372. The fourth-order valence-corrected chi connectivity index (χ4v) is 0.925. The van der Waals surface area contributed by atoms with E-state index < -0.39 is 5.97 Å². The van der Waals surface area contributed by atoms with Crippen LogP contribution in [0, 0.1) is 0 Å². The highest BCUT2D eigenvalue weighted by atomic mass is 16.5. The molecule has 0 spiro atoms. The van der Waals surface area contributed by atoms with Crippen molar-refractivity contribution in [3.05, 3.63) is 0 Å². The van der Waals surface area contributed by atoms with Crippen LogP contribution in [0.15, 0.2) is 0 Å². The molecule has 1 atom stereocenters. The first kappa shape index (κ1) is 13.7. The van der Waals surface area contributed by atoms with E-state index in [1.165, 1.54) is 0 Å². The van der Waals surface area contributed by atoms with Crippen molar-refractivity contribution in [2.45, 2.75) is 26.4 Å². The van der Waals surface area contributed by atoms with Gasteiger partial charge in [0.15, 0.2) is 0 Å². The Balaban J connectivity index is 3.44. The Morgan fingerprint density at radius 3 is 2.60 bits per heavy atom. The average molecular weight is 218 g/mol. The molecule has 88 valence electrons. The topological polar surface area (TPSA) is 87.7 Å². The van der Waals surface area contributed by atoms with Gasteiger partial charge in [0.2, 0.25) is 0 Å². The number of nitrogens with one attached hydrogen (secondary N) is 2. The predicted molar refractivity (Wildman–Crippen MR) is 54.7 cm³/mol. The summed E-state index contributed by atoms with van der Waals surface area (Å²) in [5.41, 5.74) is 0. The van der Waals surface area contributed by atoms with E-state index in [2.05, 4.69) is 10.6 Å². The Morgan fingerprint density at radius 2 is 2.07 bits per heavy atom. The molecule has 15 heavy (non-hydrogen) atoms. The summed E-state index contributed by atoms with van der Waals surface area (Å²) in [4.78, 5) is 21.2. The number of ether oxygens (including phenoxy) is 1. The van der Waals surface area contributed by atoms with Crippen molar-refractivity contribution < 1.29 is 19.4 Å². The standard InChI is InChI=1S/C9H18N2O4/c1-3-15-7(2)6-11-9(14)10-5-4-8(12)13/h7H,3-6H2,1-2H3,(H,12,13)(H2,10,11,14). The number of amides is 2. The Kier molecular flexibility index (Phi) is 7.35. The monoisotopic (exact) mass is 218 g/mol. The molecular formula is C9H18N2O4. The zero-order valence-electron chi connectivity index (χ0n) is 9.08. The van der Waals surface area contributed by atoms with E-state index in [1.807, 2.05) is 13.8 Å². The van der Waals surface area contributed by atoms with Crippen LogP contribution < -0.4 is 10.6 Å². The number of rotatable bonds is 7. The fourth-order valence-electron chi connectivity index (χ4n) is 0.925. The fraction of sp³-hybridized carbons (Fsp3) is 0.778. The highest BCUT2D eigenvalue weighted by Crippen LogP contribution is 1.86. The third-order valence-electron chi connectivity index (χ3n) is 1.63. The predicted octanol–water partition coefficient (Wildman–Crippen LogP) is 0.185. The number of hydrogen-bond acceptors (Lipinski definition) is 3. The number of urea groups is 1. The normalized spacial score (nSPS) is 11.9. The highest BCUT2D eigenvalue weighted by molar-refractivity contribution is 5.74. The Morgan fingerprint density at radius 1 is 1.40 bits per heavy atom. The van der Waals surface area contributed by atoms with Gasteiger partial charge < -0.3 is 20.5 Å². The van der Waals surface area contributed by atoms with Gasteiger partial charge in [0.1, 0.15) is 0 Å². The van der Waals surface area contributed by atoms with Crippen LogP contribution in [0.2, 0.25) is 0 Å². The van der Waals surface area contributed by atoms with Gasteiger partial charge in [-0.25, -0.2) is 4.79 Å². The zero-order chi connectivity index (χ0) is 11.7. The Labute approximate surface area is 89.0 Å². The van der Waals surface area contributed by atoms with Gasteiger partial charge in [-0.05, 0) is 13.8 Å². The summed E-state index contributed by atoms with van der Waals surface area (Å²) in [5.74, 6) is -0.932. The van der Waals surface area contributed by atoms with Crippen LogP contribution in [0.25, 0.3) is 0 Å². The van der Waals surface area contributed by atoms with Crippen LogP contribution in [0.1, 0.15) is 20.3 Å². The molecule has 0 heterocycles. The molecule has 0 saturated heterocycles. The second-order valence-corrected chi connectivity index (χ2v) is 3.05. The van der Waals surface area contributed by atoms with Gasteiger partial charge in [-0.15, -0.1) is 0 Å². The highest BCUT2D eigenvalue weighted by Gasteiger charge is 2.04. The third-order valence-corrected chi connectivity index (χ3v) is 1.63. The lowest BCUT2D eigenvalue weighted by atomic mass is 10.4. The van der Waals surface area contributed by atoms with Crippen molar-refractivity contribution in [1.82, 2.24) is 10.6 Å². The molecule has 0 aromatic rings. The summed E-state index contributed by atoms with van der Waals surface area (Å²) >= 11 is 0. The van der Waals surface area contributed by atoms with Crippen LogP contribution in [-0.2, 0) is 9.53 Å². The van der Waals surface area contributed by atoms with E-state index >= 15 is 0 Å². The van der Waals surface area contributed by atoms with E-state index in [0.717, 1.165) is 0 Å². The molecule has 0 aliphatic carbocycles. The summed E-state index contributed by atoms with van der Waals surface area (Å²) in [6.07, 6.45) is -0.116. The van der Waals surface area contributed by atoms with E-state index in [9.17, 15) is 9.59 Å². The van der Waals surface area contributed by atoms with E-state index in [0.29, 0.717) is 13.2 Å². The van der Waals surface area contributed by atoms with Crippen LogP contribution in [0.5, 0.6) is 0 Å². The molecule has 0 fully saturated rings. The maximum Gasteiger partial charge on any atom is 0.314 e. The van der Waals surface area contributed by atoms with Crippen molar-refractivity contribution in [2.24, 2.45) is 0 Å². The molecule has 1 unspecified atom stereocenters. The first-order chi connectivity index (χ1) is 7.06. The van der Waals surface area contributed by atoms with Gasteiger partial charge in [-0.1, -0.05) is 0 Å². The molecule has 0 aromatic heterocycles. The largest absolute Gasteiger partial charge is 0.481 e. The number of hydrogen-bond donors (Lipinski definition) is 3. The van der Waals surface area contributed by atoms with E-state index in [1.54, 1.807) is 0 Å². The third kappa shape index (κ3) is 9.01. The second-order valence-electron chi connectivity index (χ2n) is 3.05. The molecule has 0 aliphatic heterocycles. The lowest BCUT2D eigenvalue weighted by molar-refractivity contribution is -0.136. The second kappa shape index (κ2) is 8.05. The number of aliphatic carboxylic acids is 1. The SMILES string of the molecule is CCOC(C)CNC(=O)NCCC(=O)O. The maximum absolute atomic E-state index is 11.1. The molecule has 0 aliphatic rings. The van der Waals surface area contributed by atoms with Gasteiger partial charge in [-0.2, -0.15) is 0 Å². The molecular weight excluding hydrogens is 200 g/mol. The average Bonchev–Trinajstić information content (AvgIpc) is 2.14. The minimum atomic E-state index is -0.932. The molecule has 0 aromatic carbocycles. The summed E-state index contributed by atoms with van der Waals surface area (Å²) < 4.78 is 5.20. The van der Waals surface area contributed by atoms with Crippen LogP contribution in [0.3, 0.4) is 0 Å². The number of carbonyl (C=O) groups excluding carboxylic acids is 1. The molecule has 0 radical (unpaired) electrons. The first-order valence-corrected chi connectivity index (χ1v) is 4.91. The molecule has 0 rings (SSSR count). The molecule has 0 bridgehead atoms. The maximum atomic E-state index is 11.1. The molecule has 0 saturated carbocycles. The van der Waals surface area contributed by atoms with Crippen molar-refractivity contribution in [2.75, 3.05) is 19.7 Å². The van der Waals surface area contributed by atoms with Gasteiger partial charge in [0, 0.05) is 19.7 Å². The molecule has 3 N–H and O–H groups in total. The van der Waals surface area contributed by atoms with E-state index in [4.69, 9.17) is 9.84 Å². The molecule has 2 amide bonds. The molecule has 6 heteroatoms. The number of carboxylic acid groups (broad SMARTS) is 1. The van der Waals surface area contributed by atoms with Crippen molar-refractivity contribution in [3.8, 4) is 0 Å². The van der Waals surface area contributed by atoms with Crippen molar-refractivity contribution >= 4 is 12.0 Å². The van der Waals surface area contributed by atoms with Gasteiger partial charge in [0.05, 0.1) is 12.5 Å². The van der Waals surface area contributed by atoms with Gasteiger partial charge in [0.25, 0.3) is 0 Å². The van der Waals surface area contributed by atoms with Crippen LogP contribution in [0.4, 0.5) is 4.79 Å². The summed E-state index contributed by atoms with van der Waals surface area (Å²) in [5, 5.41) is 13.3. The minimum absolute atomic E-state index is 0.0415. The zero-order valence-corrected chi connectivity index (χ0v) is 9.08. The van der Waals surface area contributed by atoms with Crippen LogP contribution in [-0.4, -0.2) is 42.9 Å². The number of carboxylic acids is 1. The first-order valence-electron chi connectivity index (χ1n) is 4.91. The van der Waals surface area contributed by atoms with Crippen LogP contribution >= 0.6 is 0 Å². The molecule has 6 nitrogen and oxygen atoms in total.